The van der Waals surface area contributed by atoms with E-state index < -0.39 is 5.54 Å². The van der Waals surface area contributed by atoms with Gasteiger partial charge in [-0.05, 0) is 68.7 Å². The third kappa shape index (κ3) is 7.81. The summed E-state index contributed by atoms with van der Waals surface area (Å²) in [4.78, 5) is 31.1. The van der Waals surface area contributed by atoms with Crippen molar-refractivity contribution in [3.8, 4) is 17.2 Å². The average molecular weight is 550 g/mol. The molecule has 0 aliphatic carbocycles. The molecule has 0 aliphatic heterocycles. The van der Waals surface area contributed by atoms with Crippen molar-refractivity contribution >= 4 is 11.8 Å². The second-order valence-corrected chi connectivity index (χ2v) is 11.3. The van der Waals surface area contributed by atoms with Gasteiger partial charge in [0.15, 0.2) is 0 Å². The van der Waals surface area contributed by atoms with Gasteiger partial charge in [0, 0.05) is 36.6 Å². The van der Waals surface area contributed by atoms with Crippen LogP contribution in [0.5, 0.6) is 17.2 Å². The first kappa shape index (κ1) is 30.6. The smallest absolute Gasteiger partial charge is 0.258 e. The SMILES string of the molecule is COc1cccc(Cn2cccc2CN(C(=O)CN(CC(C)C)C(=O)c2ccc(OC)cc2OC)C(C)(C)C)c1. The molecule has 3 rings (SSSR count). The molecule has 0 saturated carbocycles. The second-order valence-electron chi connectivity index (χ2n) is 11.3. The highest BCUT2D eigenvalue weighted by Crippen LogP contribution is 2.27. The first-order valence-electron chi connectivity index (χ1n) is 13.6. The van der Waals surface area contributed by atoms with Crippen molar-refractivity contribution in [2.24, 2.45) is 5.92 Å². The summed E-state index contributed by atoms with van der Waals surface area (Å²) in [7, 11) is 4.74. The number of ether oxygens (including phenoxy) is 3. The van der Waals surface area contributed by atoms with E-state index in [-0.39, 0.29) is 24.3 Å². The molecule has 8 nitrogen and oxygen atoms in total. The fourth-order valence-corrected chi connectivity index (χ4v) is 4.63. The minimum atomic E-state index is -0.466. The van der Waals surface area contributed by atoms with Crippen molar-refractivity contribution in [3.63, 3.8) is 0 Å². The van der Waals surface area contributed by atoms with Crippen molar-refractivity contribution in [2.75, 3.05) is 34.4 Å². The summed E-state index contributed by atoms with van der Waals surface area (Å²) in [5.41, 5.74) is 2.04. The van der Waals surface area contributed by atoms with Crippen LogP contribution >= 0.6 is 0 Å². The highest BCUT2D eigenvalue weighted by atomic mass is 16.5. The number of hydrogen-bond donors (Lipinski definition) is 0. The average Bonchev–Trinajstić information content (AvgIpc) is 3.35. The van der Waals surface area contributed by atoms with Crippen LogP contribution < -0.4 is 14.2 Å². The molecule has 0 unspecified atom stereocenters. The van der Waals surface area contributed by atoms with E-state index in [0.717, 1.165) is 17.0 Å². The molecule has 1 heterocycles. The van der Waals surface area contributed by atoms with Gasteiger partial charge < -0.3 is 28.6 Å². The van der Waals surface area contributed by atoms with Gasteiger partial charge in [-0.25, -0.2) is 0 Å². The third-order valence-corrected chi connectivity index (χ3v) is 6.68. The van der Waals surface area contributed by atoms with Crippen molar-refractivity contribution in [3.05, 3.63) is 77.6 Å². The highest BCUT2D eigenvalue weighted by molar-refractivity contribution is 5.99. The van der Waals surface area contributed by atoms with E-state index in [9.17, 15) is 9.59 Å². The Morgan fingerprint density at radius 2 is 1.60 bits per heavy atom. The number of benzene rings is 2. The molecule has 40 heavy (non-hydrogen) atoms. The Bertz CT molecular complexity index is 1290. The summed E-state index contributed by atoms with van der Waals surface area (Å²) < 4.78 is 18.3. The van der Waals surface area contributed by atoms with Crippen LogP contribution in [-0.4, -0.2) is 66.1 Å². The lowest BCUT2D eigenvalue weighted by Crippen LogP contribution is -2.51. The largest absolute Gasteiger partial charge is 0.497 e. The number of nitrogens with zero attached hydrogens (tertiary/aromatic N) is 3. The van der Waals surface area contributed by atoms with Crippen LogP contribution in [0.2, 0.25) is 0 Å². The molecule has 0 fully saturated rings. The Morgan fingerprint density at radius 1 is 0.900 bits per heavy atom. The molecule has 0 bridgehead atoms. The molecule has 3 aromatic rings. The van der Waals surface area contributed by atoms with E-state index >= 15 is 0 Å². The second kappa shape index (κ2) is 13.4. The minimum Gasteiger partial charge on any atom is -0.497 e. The number of carbonyl (C=O) groups is 2. The standard InChI is InChI=1S/C32H43N3O5/c1-23(2)19-34(31(37)28-15-14-27(39-7)18-29(28)40-8)22-30(36)35(32(3,4)5)21-25-12-10-16-33(25)20-24-11-9-13-26(17-24)38-6/h9-18,23H,19-22H2,1-8H3. The van der Waals surface area contributed by atoms with Crippen LogP contribution in [0.3, 0.4) is 0 Å². The normalized spacial score (nSPS) is 11.3. The van der Waals surface area contributed by atoms with Crippen LogP contribution in [0.4, 0.5) is 0 Å². The maximum absolute atomic E-state index is 13.9. The van der Waals surface area contributed by atoms with Crippen LogP contribution in [0.25, 0.3) is 0 Å². The van der Waals surface area contributed by atoms with Gasteiger partial charge in [0.25, 0.3) is 5.91 Å². The Kier molecular flexibility index (Phi) is 10.3. The maximum Gasteiger partial charge on any atom is 0.258 e. The highest BCUT2D eigenvalue weighted by Gasteiger charge is 2.31. The van der Waals surface area contributed by atoms with Crippen LogP contribution in [0, 0.1) is 5.92 Å². The topological polar surface area (TPSA) is 73.2 Å². The molecule has 0 atom stereocenters. The number of hydrogen-bond acceptors (Lipinski definition) is 5. The van der Waals surface area contributed by atoms with Crippen molar-refractivity contribution in [1.29, 1.82) is 0 Å². The first-order valence-corrected chi connectivity index (χ1v) is 13.6. The summed E-state index contributed by atoms with van der Waals surface area (Å²) in [6.07, 6.45) is 2.02. The maximum atomic E-state index is 13.9. The Balaban J connectivity index is 1.85. The summed E-state index contributed by atoms with van der Waals surface area (Å²) in [5.74, 6) is 1.61. The molecule has 0 radical (unpaired) electrons. The fraction of sp³-hybridized carbons (Fsp3) is 0.438. The lowest BCUT2D eigenvalue weighted by molar-refractivity contribution is -0.137. The fourth-order valence-electron chi connectivity index (χ4n) is 4.63. The molecule has 8 heteroatoms. The number of rotatable bonds is 12. The molecule has 216 valence electrons. The summed E-state index contributed by atoms with van der Waals surface area (Å²) in [6, 6.07) is 17.1. The molecule has 2 amide bonds. The van der Waals surface area contributed by atoms with E-state index in [4.69, 9.17) is 14.2 Å². The van der Waals surface area contributed by atoms with E-state index in [1.54, 1.807) is 37.3 Å². The van der Waals surface area contributed by atoms with Gasteiger partial charge in [-0.1, -0.05) is 26.0 Å². The van der Waals surface area contributed by atoms with Gasteiger partial charge >= 0.3 is 0 Å². The summed E-state index contributed by atoms with van der Waals surface area (Å²) >= 11 is 0. The molecule has 0 N–H and O–H groups in total. The van der Waals surface area contributed by atoms with E-state index in [0.29, 0.717) is 36.7 Å². The predicted molar refractivity (Wildman–Crippen MR) is 157 cm³/mol. The molecule has 0 spiro atoms. The van der Waals surface area contributed by atoms with Crippen molar-refractivity contribution in [1.82, 2.24) is 14.4 Å². The molecule has 2 aromatic carbocycles. The lowest BCUT2D eigenvalue weighted by atomic mass is 10.0. The van der Waals surface area contributed by atoms with Gasteiger partial charge in [0.2, 0.25) is 5.91 Å². The third-order valence-electron chi connectivity index (χ3n) is 6.68. The molecule has 0 aliphatic rings. The van der Waals surface area contributed by atoms with Gasteiger partial charge in [-0.3, -0.25) is 9.59 Å². The number of aromatic nitrogens is 1. The minimum absolute atomic E-state index is 0.0416. The molecular weight excluding hydrogens is 506 g/mol. The number of methoxy groups -OCH3 is 3. The monoisotopic (exact) mass is 549 g/mol. The van der Waals surface area contributed by atoms with E-state index in [1.807, 2.05) is 76.0 Å². The quantitative estimate of drug-likeness (QED) is 0.299. The first-order chi connectivity index (χ1) is 19.0. The van der Waals surface area contributed by atoms with Gasteiger partial charge in [0.05, 0.1) is 33.4 Å². The van der Waals surface area contributed by atoms with Gasteiger partial charge in [-0.15, -0.1) is 0 Å². The zero-order valence-electron chi connectivity index (χ0n) is 25.1. The Morgan fingerprint density at radius 3 is 2.23 bits per heavy atom. The zero-order valence-corrected chi connectivity index (χ0v) is 25.1. The molecule has 0 saturated heterocycles. The van der Waals surface area contributed by atoms with Crippen LogP contribution in [0.1, 0.15) is 56.2 Å². The van der Waals surface area contributed by atoms with Gasteiger partial charge in [-0.2, -0.15) is 0 Å². The predicted octanol–water partition coefficient (Wildman–Crippen LogP) is 5.49. The van der Waals surface area contributed by atoms with Crippen molar-refractivity contribution in [2.45, 2.75) is 53.2 Å². The van der Waals surface area contributed by atoms with Crippen molar-refractivity contribution < 1.29 is 23.8 Å². The molecule has 1 aromatic heterocycles. The summed E-state index contributed by atoms with van der Waals surface area (Å²) in [6.45, 7) is 11.6. The number of amides is 2. The lowest BCUT2D eigenvalue weighted by Gasteiger charge is -2.38. The zero-order chi connectivity index (χ0) is 29.4. The summed E-state index contributed by atoms with van der Waals surface area (Å²) in [5, 5.41) is 0. The Labute approximate surface area is 238 Å². The molecular formula is C32H43N3O5. The van der Waals surface area contributed by atoms with E-state index in [2.05, 4.69) is 10.6 Å². The van der Waals surface area contributed by atoms with Crippen LogP contribution in [0.15, 0.2) is 60.8 Å². The number of carbonyl (C=O) groups excluding carboxylic acids is 2. The van der Waals surface area contributed by atoms with Gasteiger partial charge in [0.1, 0.15) is 23.8 Å². The van der Waals surface area contributed by atoms with E-state index in [1.165, 1.54) is 7.11 Å². The Hall–Kier alpha value is -3.94. The van der Waals surface area contributed by atoms with Crippen LogP contribution in [-0.2, 0) is 17.9 Å².